The minimum Gasteiger partial charge on any atom is -0.394 e. The van der Waals surface area contributed by atoms with E-state index in [1.165, 1.54) is 0 Å². The van der Waals surface area contributed by atoms with Gasteiger partial charge >= 0.3 is 0 Å². The molecular formula is C16H18N2O3. The Hall–Kier alpha value is -2.11. The molecule has 5 nitrogen and oxygen atoms in total. The van der Waals surface area contributed by atoms with E-state index in [1.807, 2.05) is 47.3 Å². The van der Waals surface area contributed by atoms with E-state index >= 15 is 0 Å². The van der Waals surface area contributed by atoms with E-state index in [0.29, 0.717) is 25.3 Å². The maximum atomic E-state index is 12.6. The highest BCUT2D eigenvalue weighted by molar-refractivity contribution is 5.95. The number of hydrogen-bond donors (Lipinski definition) is 1. The van der Waals surface area contributed by atoms with Gasteiger partial charge in [0.05, 0.1) is 25.9 Å². The number of carbonyl (C=O) groups excluding carboxylic acids is 1. The van der Waals surface area contributed by atoms with Crippen LogP contribution in [0.15, 0.2) is 48.8 Å². The summed E-state index contributed by atoms with van der Waals surface area (Å²) in [6, 6.07) is 11.1. The Kier molecular flexibility index (Phi) is 4.03. The van der Waals surface area contributed by atoms with Crippen molar-refractivity contribution in [2.75, 3.05) is 26.4 Å². The summed E-state index contributed by atoms with van der Waals surface area (Å²) >= 11 is 0. The quantitative estimate of drug-likeness (QED) is 0.925. The molecule has 1 unspecified atom stereocenters. The second-order valence-electron chi connectivity index (χ2n) is 5.05. The maximum absolute atomic E-state index is 12.6. The SMILES string of the molecule is O=C(c1cccc(-n2cccc2)c1)N1CCOCC1CO. The predicted octanol–water partition coefficient (Wildman–Crippen LogP) is 1.31. The molecule has 3 rings (SSSR count). The van der Waals surface area contributed by atoms with Gasteiger partial charge in [-0.25, -0.2) is 0 Å². The van der Waals surface area contributed by atoms with Crippen LogP contribution in [0.4, 0.5) is 0 Å². The summed E-state index contributed by atoms with van der Waals surface area (Å²) in [5.41, 5.74) is 1.57. The van der Waals surface area contributed by atoms with E-state index in [2.05, 4.69) is 0 Å². The van der Waals surface area contributed by atoms with E-state index in [9.17, 15) is 9.90 Å². The lowest BCUT2D eigenvalue weighted by atomic mass is 10.1. The third kappa shape index (κ3) is 2.84. The molecule has 0 spiro atoms. The maximum Gasteiger partial charge on any atom is 0.254 e. The lowest BCUT2D eigenvalue weighted by Crippen LogP contribution is -2.50. The number of aromatic nitrogens is 1. The zero-order valence-electron chi connectivity index (χ0n) is 11.7. The van der Waals surface area contributed by atoms with Crippen LogP contribution in [-0.4, -0.2) is 52.9 Å². The first-order chi connectivity index (χ1) is 10.3. The molecule has 1 amide bonds. The van der Waals surface area contributed by atoms with Crippen LogP contribution < -0.4 is 0 Å². The second-order valence-corrected chi connectivity index (χ2v) is 5.05. The molecule has 2 aromatic rings. The average Bonchev–Trinajstić information content (AvgIpc) is 3.09. The first kappa shape index (κ1) is 13.9. The van der Waals surface area contributed by atoms with E-state index in [-0.39, 0.29) is 18.6 Å². The van der Waals surface area contributed by atoms with E-state index < -0.39 is 0 Å². The van der Waals surface area contributed by atoms with Crippen molar-refractivity contribution in [3.05, 3.63) is 54.4 Å². The molecule has 0 bridgehead atoms. The lowest BCUT2D eigenvalue weighted by molar-refractivity contribution is -0.0183. The van der Waals surface area contributed by atoms with Crippen LogP contribution in [0.3, 0.4) is 0 Å². The first-order valence-corrected chi connectivity index (χ1v) is 7.02. The molecular weight excluding hydrogens is 268 g/mol. The van der Waals surface area contributed by atoms with Crippen molar-refractivity contribution in [2.24, 2.45) is 0 Å². The lowest BCUT2D eigenvalue weighted by Gasteiger charge is -2.34. The molecule has 1 saturated heterocycles. The smallest absolute Gasteiger partial charge is 0.254 e. The third-order valence-corrected chi connectivity index (χ3v) is 3.69. The minimum absolute atomic E-state index is 0.0636. The summed E-state index contributed by atoms with van der Waals surface area (Å²) in [4.78, 5) is 14.3. The Bertz CT molecular complexity index is 610. The standard InChI is InChI=1S/C16H18N2O3/c19-11-15-12-21-9-8-18(15)16(20)13-4-3-5-14(10-13)17-6-1-2-7-17/h1-7,10,15,19H,8-9,11-12H2. The number of morpholine rings is 1. The van der Waals surface area contributed by atoms with Gasteiger partial charge in [-0.2, -0.15) is 0 Å². The van der Waals surface area contributed by atoms with Crippen molar-refractivity contribution < 1.29 is 14.6 Å². The van der Waals surface area contributed by atoms with Crippen molar-refractivity contribution >= 4 is 5.91 Å². The van der Waals surface area contributed by atoms with Crippen LogP contribution in [0.5, 0.6) is 0 Å². The minimum atomic E-state index is -0.263. The summed E-state index contributed by atoms with van der Waals surface area (Å²) in [5, 5.41) is 9.38. The fraction of sp³-hybridized carbons (Fsp3) is 0.312. The number of aliphatic hydroxyl groups excluding tert-OH is 1. The van der Waals surface area contributed by atoms with E-state index in [0.717, 1.165) is 5.69 Å². The largest absolute Gasteiger partial charge is 0.394 e. The van der Waals surface area contributed by atoms with E-state index in [4.69, 9.17) is 4.74 Å². The number of aliphatic hydroxyl groups is 1. The van der Waals surface area contributed by atoms with Crippen molar-refractivity contribution in [2.45, 2.75) is 6.04 Å². The topological polar surface area (TPSA) is 54.7 Å². The van der Waals surface area contributed by atoms with E-state index in [1.54, 1.807) is 11.0 Å². The van der Waals surface area contributed by atoms with Gasteiger partial charge < -0.3 is 19.3 Å². The molecule has 1 aliphatic heterocycles. The normalized spacial score (nSPS) is 18.7. The van der Waals surface area contributed by atoms with Gasteiger partial charge in [-0.15, -0.1) is 0 Å². The Morgan fingerprint density at radius 1 is 1.29 bits per heavy atom. The van der Waals surface area contributed by atoms with Gasteiger partial charge in [0.2, 0.25) is 0 Å². The van der Waals surface area contributed by atoms with Crippen LogP contribution in [0.25, 0.3) is 5.69 Å². The van der Waals surface area contributed by atoms with Crippen molar-refractivity contribution in [3.63, 3.8) is 0 Å². The van der Waals surface area contributed by atoms with Gasteiger partial charge in [0.1, 0.15) is 0 Å². The molecule has 1 aromatic carbocycles. The molecule has 0 radical (unpaired) electrons. The fourth-order valence-corrected chi connectivity index (χ4v) is 2.55. The molecule has 1 N–H and O–H groups in total. The number of ether oxygens (including phenoxy) is 1. The molecule has 1 aliphatic rings. The van der Waals surface area contributed by atoms with Gasteiger partial charge in [0, 0.05) is 30.2 Å². The molecule has 110 valence electrons. The van der Waals surface area contributed by atoms with Crippen molar-refractivity contribution in [3.8, 4) is 5.69 Å². The molecule has 5 heteroatoms. The zero-order chi connectivity index (χ0) is 14.7. The van der Waals surface area contributed by atoms with Crippen LogP contribution in [0, 0.1) is 0 Å². The molecule has 0 saturated carbocycles. The predicted molar refractivity (Wildman–Crippen MR) is 78.5 cm³/mol. The molecule has 1 atom stereocenters. The van der Waals surface area contributed by atoms with Crippen LogP contribution >= 0.6 is 0 Å². The van der Waals surface area contributed by atoms with Crippen molar-refractivity contribution in [1.82, 2.24) is 9.47 Å². The van der Waals surface area contributed by atoms with Crippen LogP contribution in [0.2, 0.25) is 0 Å². The van der Waals surface area contributed by atoms with Crippen molar-refractivity contribution in [1.29, 1.82) is 0 Å². The van der Waals surface area contributed by atoms with Gasteiger partial charge in [-0.1, -0.05) is 6.07 Å². The second kappa shape index (κ2) is 6.11. The third-order valence-electron chi connectivity index (χ3n) is 3.69. The molecule has 1 fully saturated rings. The summed E-state index contributed by atoms with van der Waals surface area (Å²) in [6.45, 7) is 1.33. The Morgan fingerprint density at radius 3 is 2.86 bits per heavy atom. The number of nitrogens with zero attached hydrogens (tertiary/aromatic N) is 2. The highest BCUT2D eigenvalue weighted by Gasteiger charge is 2.27. The number of amides is 1. The zero-order valence-corrected chi connectivity index (χ0v) is 11.7. The first-order valence-electron chi connectivity index (χ1n) is 7.02. The summed E-state index contributed by atoms with van der Waals surface area (Å²) in [5.74, 6) is -0.0636. The summed E-state index contributed by atoms with van der Waals surface area (Å²) in [6.07, 6.45) is 3.88. The van der Waals surface area contributed by atoms with Gasteiger partial charge in [0.15, 0.2) is 0 Å². The average molecular weight is 286 g/mol. The molecule has 0 aliphatic carbocycles. The number of rotatable bonds is 3. The molecule has 2 heterocycles. The highest BCUT2D eigenvalue weighted by Crippen LogP contribution is 2.16. The Balaban J connectivity index is 1.86. The van der Waals surface area contributed by atoms with Crippen LogP contribution in [-0.2, 0) is 4.74 Å². The fourth-order valence-electron chi connectivity index (χ4n) is 2.55. The van der Waals surface area contributed by atoms with Gasteiger partial charge in [0.25, 0.3) is 5.91 Å². The Labute approximate surface area is 123 Å². The molecule has 21 heavy (non-hydrogen) atoms. The molecule has 1 aromatic heterocycles. The van der Waals surface area contributed by atoms with Gasteiger partial charge in [-0.05, 0) is 30.3 Å². The van der Waals surface area contributed by atoms with Gasteiger partial charge in [-0.3, -0.25) is 4.79 Å². The Morgan fingerprint density at radius 2 is 2.10 bits per heavy atom. The number of carbonyl (C=O) groups is 1. The highest BCUT2D eigenvalue weighted by atomic mass is 16.5. The number of benzene rings is 1. The summed E-state index contributed by atoms with van der Waals surface area (Å²) in [7, 11) is 0. The number of hydrogen-bond acceptors (Lipinski definition) is 3. The summed E-state index contributed by atoms with van der Waals surface area (Å²) < 4.78 is 7.27. The monoisotopic (exact) mass is 286 g/mol. The van der Waals surface area contributed by atoms with Crippen LogP contribution in [0.1, 0.15) is 10.4 Å².